The van der Waals surface area contributed by atoms with Gasteiger partial charge >= 0.3 is 0 Å². The fourth-order valence-electron chi connectivity index (χ4n) is 3.35. The van der Waals surface area contributed by atoms with E-state index >= 15 is 0 Å². The van der Waals surface area contributed by atoms with Gasteiger partial charge in [-0.1, -0.05) is 24.4 Å². The van der Waals surface area contributed by atoms with Crippen molar-refractivity contribution in [2.75, 3.05) is 0 Å². The number of hydrogen-bond donors (Lipinski definition) is 0. The first-order valence-electron chi connectivity index (χ1n) is 6.08. The summed E-state index contributed by atoms with van der Waals surface area (Å²) in [5, 5.41) is 3.87. The SMILES string of the molecule is Cc1noc(C2CC3(CCCCC3)C2)n1. The molecule has 0 unspecified atom stereocenters. The van der Waals surface area contributed by atoms with Crippen molar-refractivity contribution in [2.45, 2.75) is 57.8 Å². The van der Waals surface area contributed by atoms with Gasteiger partial charge in [0.05, 0.1) is 0 Å². The fraction of sp³-hybridized carbons (Fsp3) is 0.833. The predicted octanol–water partition coefficient (Wildman–Crippen LogP) is 3.21. The average molecular weight is 206 g/mol. The molecule has 3 rings (SSSR count). The van der Waals surface area contributed by atoms with Gasteiger partial charge in [-0.05, 0) is 38.0 Å². The van der Waals surface area contributed by atoms with Crippen LogP contribution in [0.3, 0.4) is 0 Å². The summed E-state index contributed by atoms with van der Waals surface area (Å²) >= 11 is 0. The van der Waals surface area contributed by atoms with Crippen molar-refractivity contribution in [1.82, 2.24) is 10.1 Å². The normalized spacial score (nSPS) is 25.4. The second kappa shape index (κ2) is 3.32. The summed E-state index contributed by atoms with van der Waals surface area (Å²) in [5.74, 6) is 2.21. The first-order chi connectivity index (χ1) is 7.27. The van der Waals surface area contributed by atoms with E-state index in [2.05, 4.69) is 10.1 Å². The summed E-state index contributed by atoms with van der Waals surface area (Å²) in [6, 6.07) is 0. The minimum Gasteiger partial charge on any atom is -0.339 e. The van der Waals surface area contributed by atoms with E-state index in [1.165, 1.54) is 44.9 Å². The van der Waals surface area contributed by atoms with Crippen LogP contribution in [0.2, 0.25) is 0 Å². The minimum absolute atomic E-state index is 0.560. The van der Waals surface area contributed by atoms with Crippen LogP contribution in [0.25, 0.3) is 0 Å². The van der Waals surface area contributed by atoms with Crippen LogP contribution in [0.4, 0.5) is 0 Å². The van der Waals surface area contributed by atoms with Crippen molar-refractivity contribution < 1.29 is 4.52 Å². The molecule has 82 valence electrons. The first kappa shape index (κ1) is 9.37. The van der Waals surface area contributed by atoms with Crippen molar-refractivity contribution in [3.8, 4) is 0 Å². The van der Waals surface area contributed by atoms with Crippen molar-refractivity contribution in [2.24, 2.45) is 5.41 Å². The third kappa shape index (κ3) is 1.58. The molecule has 0 atom stereocenters. The molecule has 1 aromatic heterocycles. The van der Waals surface area contributed by atoms with Crippen molar-refractivity contribution in [3.63, 3.8) is 0 Å². The summed E-state index contributed by atoms with van der Waals surface area (Å²) in [4.78, 5) is 4.33. The summed E-state index contributed by atoms with van der Waals surface area (Å²) in [5.41, 5.74) is 0.658. The monoisotopic (exact) mass is 206 g/mol. The van der Waals surface area contributed by atoms with Crippen molar-refractivity contribution >= 4 is 0 Å². The van der Waals surface area contributed by atoms with Gasteiger partial charge in [0.15, 0.2) is 5.82 Å². The standard InChI is InChI=1S/C12H18N2O/c1-9-13-11(15-14-9)10-7-12(8-10)5-3-2-4-6-12/h10H,2-8H2,1H3. The number of nitrogens with zero attached hydrogens (tertiary/aromatic N) is 2. The number of aromatic nitrogens is 2. The van der Waals surface area contributed by atoms with E-state index in [0.29, 0.717) is 11.3 Å². The molecule has 0 aliphatic heterocycles. The number of rotatable bonds is 1. The summed E-state index contributed by atoms with van der Waals surface area (Å²) in [6.45, 7) is 1.89. The molecule has 3 heteroatoms. The zero-order chi connectivity index (χ0) is 10.3. The fourth-order valence-corrected chi connectivity index (χ4v) is 3.35. The molecule has 1 spiro atoms. The molecule has 2 saturated carbocycles. The van der Waals surface area contributed by atoms with E-state index in [9.17, 15) is 0 Å². The smallest absolute Gasteiger partial charge is 0.229 e. The van der Waals surface area contributed by atoms with E-state index in [4.69, 9.17) is 4.52 Å². The first-order valence-corrected chi connectivity index (χ1v) is 6.08. The van der Waals surface area contributed by atoms with Crippen LogP contribution in [-0.4, -0.2) is 10.1 Å². The number of aryl methyl sites for hydroxylation is 1. The topological polar surface area (TPSA) is 38.9 Å². The minimum atomic E-state index is 0.560. The summed E-state index contributed by atoms with van der Waals surface area (Å²) < 4.78 is 5.24. The molecule has 15 heavy (non-hydrogen) atoms. The molecule has 0 N–H and O–H groups in total. The maximum Gasteiger partial charge on any atom is 0.229 e. The van der Waals surface area contributed by atoms with Gasteiger partial charge in [-0.15, -0.1) is 0 Å². The Balaban J connectivity index is 1.65. The quantitative estimate of drug-likeness (QED) is 0.708. The van der Waals surface area contributed by atoms with Gasteiger partial charge in [0.1, 0.15) is 0 Å². The van der Waals surface area contributed by atoms with Crippen LogP contribution in [0, 0.1) is 12.3 Å². The Morgan fingerprint density at radius 2 is 1.93 bits per heavy atom. The largest absolute Gasteiger partial charge is 0.339 e. The van der Waals surface area contributed by atoms with Gasteiger partial charge in [0.2, 0.25) is 5.89 Å². The van der Waals surface area contributed by atoms with E-state index in [1.54, 1.807) is 0 Å². The predicted molar refractivity (Wildman–Crippen MR) is 56.5 cm³/mol. The molecule has 1 aromatic rings. The lowest BCUT2D eigenvalue weighted by atomic mass is 9.56. The van der Waals surface area contributed by atoms with E-state index < -0.39 is 0 Å². The second-order valence-corrected chi connectivity index (χ2v) is 5.35. The highest BCUT2D eigenvalue weighted by Crippen LogP contribution is 2.58. The molecule has 2 aliphatic carbocycles. The Hall–Kier alpha value is -0.860. The molecule has 0 aromatic carbocycles. The van der Waals surface area contributed by atoms with Crippen LogP contribution in [0.1, 0.15) is 62.6 Å². The molecule has 2 fully saturated rings. The number of hydrogen-bond acceptors (Lipinski definition) is 3. The van der Waals surface area contributed by atoms with Gasteiger partial charge in [-0.2, -0.15) is 4.98 Å². The van der Waals surface area contributed by atoms with Gasteiger partial charge in [0, 0.05) is 5.92 Å². The summed E-state index contributed by atoms with van der Waals surface area (Å²) in [7, 11) is 0. The maximum atomic E-state index is 5.24. The molecule has 0 amide bonds. The highest BCUT2D eigenvalue weighted by Gasteiger charge is 2.46. The van der Waals surface area contributed by atoms with Crippen LogP contribution >= 0.6 is 0 Å². The highest BCUT2D eigenvalue weighted by molar-refractivity contribution is 5.07. The Morgan fingerprint density at radius 3 is 2.53 bits per heavy atom. The summed E-state index contributed by atoms with van der Waals surface area (Å²) in [6.07, 6.45) is 9.72. The Morgan fingerprint density at radius 1 is 1.20 bits per heavy atom. The average Bonchev–Trinajstić information content (AvgIpc) is 2.62. The zero-order valence-corrected chi connectivity index (χ0v) is 9.33. The van der Waals surface area contributed by atoms with Crippen molar-refractivity contribution in [3.05, 3.63) is 11.7 Å². The lowest BCUT2D eigenvalue weighted by molar-refractivity contribution is 0.0388. The maximum absolute atomic E-state index is 5.24. The molecular weight excluding hydrogens is 188 g/mol. The van der Waals surface area contributed by atoms with Crippen LogP contribution in [-0.2, 0) is 0 Å². The van der Waals surface area contributed by atoms with E-state index in [1.807, 2.05) is 6.92 Å². The van der Waals surface area contributed by atoms with Gasteiger partial charge in [0.25, 0.3) is 0 Å². The van der Waals surface area contributed by atoms with Gasteiger partial charge in [-0.25, -0.2) is 0 Å². The van der Waals surface area contributed by atoms with Crippen LogP contribution in [0.15, 0.2) is 4.52 Å². The van der Waals surface area contributed by atoms with E-state index in [0.717, 1.165) is 11.7 Å². The molecule has 0 bridgehead atoms. The molecule has 0 saturated heterocycles. The van der Waals surface area contributed by atoms with Gasteiger partial charge < -0.3 is 4.52 Å². The van der Waals surface area contributed by atoms with E-state index in [-0.39, 0.29) is 0 Å². The molecule has 1 heterocycles. The molecule has 0 radical (unpaired) electrons. The van der Waals surface area contributed by atoms with Crippen LogP contribution in [0.5, 0.6) is 0 Å². The Bertz CT molecular complexity index is 344. The lowest BCUT2D eigenvalue weighted by Crippen LogP contribution is -2.37. The molecule has 3 nitrogen and oxygen atoms in total. The zero-order valence-electron chi connectivity index (χ0n) is 9.33. The Labute approximate surface area is 90.3 Å². The molecule has 2 aliphatic rings. The molecular formula is C12H18N2O. The van der Waals surface area contributed by atoms with Gasteiger partial charge in [-0.3, -0.25) is 0 Å². The second-order valence-electron chi connectivity index (χ2n) is 5.35. The van der Waals surface area contributed by atoms with Crippen molar-refractivity contribution in [1.29, 1.82) is 0 Å². The third-order valence-electron chi connectivity index (χ3n) is 4.17. The lowest BCUT2D eigenvalue weighted by Gasteiger charge is -2.49. The third-order valence-corrected chi connectivity index (χ3v) is 4.17. The highest BCUT2D eigenvalue weighted by atomic mass is 16.5. The Kier molecular flexibility index (Phi) is 2.08. The van der Waals surface area contributed by atoms with Crippen LogP contribution < -0.4 is 0 Å².